The van der Waals surface area contributed by atoms with E-state index in [0.717, 1.165) is 53.2 Å². The third kappa shape index (κ3) is 5.35. The van der Waals surface area contributed by atoms with Crippen molar-refractivity contribution in [1.82, 2.24) is 15.6 Å². The SMILES string of the molecule is CCNC(=NCc1ccc2c(c1)OCO2)NCCc1nc(C(C)(C)C)cs1. The molecule has 27 heavy (non-hydrogen) atoms. The first-order chi connectivity index (χ1) is 13.0. The number of benzene rings is 1. The highest BCUT2D eigenvalue weighted by atomic mass is 32.1. The Hall–Kier alpha value is -2.28. The van der Waals surface area contributed by atoms with Crippen LogP contribution in [-0.2, 0) is 18.4 Å². The summed E-state index contributed by atoms with van der Waals surface area (Å²) in [5, 5.41) is 9.99. The Balaban J connectivity index is 1.54. The number of rotatable bonds is 6. The molecule has 2 heterocycles. The van der Waals surface area contributed by atoms with Crippen molar-refractivity contribution >= 4 is 17.3 Å². The first-order valence-electron chi connectivity index (χ1n) is 9.31. The first-order valence-corrected chi connectivity index (χ1v) is 10.2. The third-order valence-corrected chi connectivity index (χ3v) is 5.06. The van der Waals surface area contributed by atoms with E-state index in [1.54, 1.807) is 11.3 Å². The van der Waals surface area contributed by atoms with Crippen LogP contribution in [0.4, 0.5) is 0 Å². The number of nitrogens with zero attached hydrogens (tertiary/aromatic N) is 2. The summed E-state index contributed by atoms with van der Waals surface area (Å²) in [5.41, 5.74) is 2.35. The summed E-state index contributed by atoms with van der Waals surface area (Å²) in [6, 6.07) is 5.94. The molecule has 0 aliphatic carbocycles. The molecular formula is C20H28N4O2S. The van der Waals surface area contributed by atoms with E-state index >= 15 is 0 Å². The lowest BCUT2D eigenvalue weighted by molar-refractivity contribution is 0.174. The van der Waals surface area contributed by atoms with E-state index in [1.807, 2.05) is 18.2 Å². The second kappa shape index (κ2) is 8.61. The minimum atomic E-state index is 0.100. The number of guanidine groups is 1. The molecule has 0 bridgehead atoms. The van der Waals surface area contributed by atoms with Gasteiger partial charge in [-0.05, 0) is 24.6 Å². The van der Waals surface area contributed by atoms with Gasteiger partial charge in [0.05, 0.1) is 17.2 Å². The fourth-order valence-electron chi connectivity index (χ4n) is 2.61. The van der Waals surface area contributed by atoms with E-state index in [4.69, 9.17) is 14.5 Å². The number of ether oxygens (including phenoxy) is 2. The second-order valence-corrected chi connectivity index (χ2v) is 8.38. The molecule has 0 radical (unpaired) electrons. The molecule has 0 atom stereocenters. The number of hydrogen-bond donors (Lipinski definition) is 2. The zero-order valence-corrected chi connectivity index (χ0v) is 17.3. The van der Waals surface area contributed by atoms with Crippen LogP contribution in [0.1, 0.15) is 44.0 Å². The molecule has 2 aromatic rings. The summed E-state index contributed by atoms with van der Waals surface area (Å²) < 4.78 is 10.8. The minimum absolute atomic E-state index is 0.100. The molecular weight excluding hydrogens is 360 g/mol. The fraction of sp³-hybridized carbons (Fsp3) is 0.500. The highest BCUT2D eigenvalue weighted by molar-refractivity contribution is 7.09. The molecule has 6 nitrogen and oxygen atoms in total. The lowest BCUT2D eigenvalue weighted by Crippen LogP contribution is -2.38. The van der Waals surface area contributed by atoms with Gasteiger partial charge in [0.15, 0.2) is 17.5 Å². The lowest BCUT2D eigenvalue weighted by atomic mass is 9.93. The van der Waals surface area contributed by atoms with Crippen LogP contribution in [0, 0.1) is 0 Å². The number of aromatic nitrogens is 1. The van der Waals surface area contributed by atoms with Gasteiger partial charge < -0.3 is 20.1 Å². The number of thiazole rings is 1. The Bertz CT molecular complexity index is 796. The number of nitrogens with one attached hydrogen (secondary N) is 2. The predicted octanol–water partition coefficient (Wildman–Crippen LogP) is 3.47. The summed E-state index contributed by atoms with van der Waals surface area (Å²) in [4.78, 5) is 9.41. The minimum Gasteiger partial charge on any atom is -0.454 e. The Morgan fingerprint density at radius 2 is 2.04 bits per heavy atom. The van der Waals surface area contributed by atoms with Crippen molar-refractivity contribution in [3.05, 3.63) is 39.8 Å². The van der Waals surface area contributed by atoms with Gasteiger partial charge in [0.1, 0.15) is 0 Å². The van der Waals surface area contributed by atoms with Crippen molar-refractivity contribution in [3.63, 3.8) is 0 Å². The summed E-state index contributed by atoms with van der Waals surface area (Å²) in [6.45, 7) is 11.1. The summed E-state index contributed by atoms with van der Waals surface area (Å²) in [7, 11) is 0. The van der Waals surface area contributed by atoms with Gasteiger partial charge in [-0.15, -0.1) is 11.3 Å². The zero-order chi connectivity index (χ0) is 19.3. The molecule has 1 aliphatic rings. The van der Waals surface area contributed by atoms with Crippen molar-refractivity contribution in [2.75, 3.05) is 19.9 Å². The molecule has 146 valence electrons. The smallest absolute Gasteiger partial charge is 0.231 e. The van der Waals surface area contributed by atoms with Crippen molar-refractivity contribution in [2.24, 2.45) is 4.99 Å². The molecule has 0 spiro atoms. The number of hydrogen-bond acceptors (Lipinski definition) is 5. The van der Waals surface area contributed by atoms with E-state index in [9.17, 15) is 0 Å². The fourth-order valence-corrected chi connectivity index (χ4v) is 3.63. The molecule has 7 heteroatoms. The number of fused-ring (bicyclic) bond motifs is 1. The molecule has 1 aromatic heterocycles. The third-order valence-electron chi connectivity index (χ3n) is 4.15. The van der Waals surface area contributed by atoms with Gasteiger partial charge in [0.2, 0.25) is 6.79 Å². The predicted molar refractivity (Wildman–Crippen MR) is 110 cm³/mol. The van der Waals surface area contributed by atoms with E-state index in [0.29, 0.717) is 13.3 Å². The lowest BCUT2D eigenvalue weighted by Gasteiger charge is -2.14. The van der Waals surface area contributed by atoms with Crippen molar-refractivity contribution in [2.45, 2.75) is 46.1 Å². The van der Waals surface area contributed by atoms with Gasteiger partial charge in [-0.25, -0.2) is 9.98 Å². The van der Waals surface area contributed by atoms with Crippen LogP contribution in [0.15, 0.2) is 28.6 Å². The maximum absolute atomic E-state index is 5.43. The molecule has 2 N–H and O–H groups in total. The molecule has 0 saturated heterocycles. The van der Waals surface area contributed by atoms with E-state index in [1.165, 1.54) is 0 Å². The molecule has 0 amide bonds. The topological polar surface area (TPSA) is 67.8 Å². The van der Waals surface area contributed by atoms with Crippen LogP contribution in [0.2, 0.25) is 0 Å². The van der Waals surface area contributed by atoms with E-state index in [-0.39, 0.29) is 5.41 Å². The van der Waals surface area contributed by atoms with Crippen LogP contribution in [0.25, 0.3) is 0 Å². The summed E-state index contributed by atoms with van der Waals surface area (Å²) >= 11 is 1.73. The number of aliphatic imine (C=N–C) groups is 1. The van der Waals surface area contributed by atoms with Gasteiger partial charge in [0, 0.05) is 30.3 Å². The quantitative estimate of drug-likeness (QED) is 0.586. The van der Waals surface area contributed by atoms with Gasteiger partial charge >= 0.3 is 0 Å². The Kier molecular flexibility index (Phi) is 6.21. The second-order valence-electron chi connectivity index (χ2n) is 7.44. The molecule has 0 fully saturated rings. The van der Waals surface area contributed by atoms with Crippen molar-refractivity contribution in [1.29, 1.82) is 0 Å². The summed E-state index contributed by atoms with van der Waals surface area (Å²) in [5.74, 6) is 2.40. The maximum atomic E-state index is 5.43. The Morgan fingerprint density at radius 3 is 2.78 bits per heavy atom. The van der Waals surface area contributed by atoms with E-state index < -0.39 is 0 Å². The normalized spacial score (nSPS) is 13.7. The van der Waals surface area contributed by atoms with Gasteiger partial charge in [-0.3, -0.25) is 0 Å². The van der Waals surface area contributed by atoms with E-state index in [2.05, 4.69) is 48.7 Å². The van der Waals surface area contributed by atoms with Crippen LogP contribution in [-0.4, -0.2) is 30.8 Å². The Labute approximate surface area is 165 Å². The largest absolute Gasteiger partial charge is 0.454 e. The maximum Gasteiger partial charge on any atom is 0.231 e. The monoisotopic (exact) mass is 388 g/mol. The molecule has 1 aromatic carbocycles. The van der Waals surface area contributed by atoms with Crippen molar-refractivity contribution in [3.8, 4) is 11.5 Å². The van der Waals surface area contributed by atoms with Crippen LogP contribution < -0.4 is 20.1 Å². The van der Waals surface area contributed by atoms with Gasteiger partial charge in [0.25, 0.3) is 0 Å². The average molecular weight is 389 g/mol. The molecule has 1 aliphatic heterocycles. The van der Waals surface area contributed by atoms with Crippen LogP contribution >= 0.6 is 11.3 Å². The first kappa shape index (κ1) is 19.5. The standard InChI is InChI=1S/C20H28N4O2S/c1-5-21-19(22-9-8-18-24-17(12-27-18)20(2,3)4)23-11-14-6-7-15-16(10-14)26-13-25-15/h6-7,10,12H,5,8-9,11,13H2,1-4H3,(H2,21,22,23). The van der Waals surface area contributed by atoms with Crippen LogP contribution in [0.3, 0.4) is 0 Å². The molecule has 3 rings (SSSR count). The molecule has 0 unspecified atom stereocenters. The van der Waals surface area contributed by atoms with Gasteiger partial charge in [-0.1, -0.05) is 26.8 Å². The Morgan fingerprint density at radius 1 is 1.22 bits per heavy atom. The molecule has 0 saturated carbocycles. The zero-order valence-electron chi connectivity index (χ0n) is 16.5. The van der Waals surface area contributed by atoms with Crippen molar-refractivity contribution < 1.29 is 9.47 Å². The highest BCUT2D eigenvalue weighted by Gasteiger charge is 2.17. The van der Waals surface area contributed by atoms with Crippen LogP contribution in [0.5, 0.6) is 11.5 Å². The summed E-state index contributed by atoms with van der Waals surface area (Å²) in [6.07, 6.45) is 0.884. The van der Waals surface area contributed by atoms with Gasteiger partial charge in [-0.2, -0.15) is 0 Å². The highest BCUT2D eigenvalue weighted by Crippen LogP contribution is 2.32. The average Bonchev–Trinajstić information content (AvgIpc) is 3.28.